The van der Waals surface area contributed by atoms with Crippen LogP contribution in [0.4, 0.5) is 4.39 Å². The van der Waals surface area contributed by atoms with Crippen molar-refractivity contribution >= 4 is 11.8 Å². The Kier molecular flexibility index (Phi) is 5.11. The topological polar surface area (TPSA) is 88.3 Å². The van der Waals surface area contributed by atoms with Gasteiger partial charge in [0.15, 0.2) is 5.82 Å². The average Bonchev–Trinajstić information content (AvgIpc) is 3.35. The molecule has 2 aromatic rings. The lowest BCUT2D eigenvalue weighted by Crippen LogP contribution is -2.40. The normalized spacial score (nSPS) is 25.6. The van der Waals surface area contributed by atoms with Crippen molar-refractivity contribution < 1.29 is 18.5 Å². The summed E-state index contributed by atoms with van der Waals surface area (Å²) in [5.74, 6) is 0.516. The predicted octanol–water partition coefficient (Wildman–Crippen LogP) is 2.77. The van der Waals surface area contributed by atoms with E-state index in [-0.39, 0.29) is 29.7 Å². The van der Waals surface area contributed by atoms with Gasteiger partial charge in [0, 0.05) is 30.6 Å². The molecule has 1 aromatic heterocycles. The number of carbonyl (C=O) groups is 2. The number of hydrogen-bond donors (Lipinski definition) is 1. The summed E-state index contributed by atoms with van der Waals surface area (Å²) in [6.07, 6.45) is 1.30. The van der Waals surface area contributed by atoms with E-state index in [0.717, 1.165) is 0 Å². The Morgan fingerprint density at radius 2 is 2.10 bits per heavy atom. The monoisotopic (exact) mass is 414 g/mol. The predicted molar refractivity (Wildman–Crippen MR) is 107 cm³/mol. The largest absolute Gasteiger partial charge is 0.349 e. The highest BCUT2D eigenvalue weighted by Gasteiger charge is 2.58. The van der Waals surface area contributed by atoms with Crippen molar-refractivity contribution in [2.75, 3.05) is 13.1 Å². The molecule has 4 rings (SSSR count). The van der Waals surface area contributed by atoms with Crippen molar-refractivity contribution in [3.8, 4) is 0 Å². The quantitative estimate of drug-likeness (QED) is 0.831. The van der Waals surface area contributed by atoms with E-state index in [1.54, 1.807) is 26.0 Å². The Bertz CT molecular complexity index is 989. The van der Waals surface area contributed by atoms with Gasteiger partial charge in [-0.1, -0.05) is 25.1 Å². The molecule has 2 heterocycles. The van der Waals surface area contributed by atoms with Crippen LogP contribution >= 0.6 is 0 Å². The van der Waals surface area contributed by atoms with Gasteiger partial charge in [0.25, 0.3) is 5.91 Å². The average molecular weight is 414 g/mol. The fourth-order valence-corrected chi connectivity index (χ4v) is 4.85. The van der Waals surface area contributed by atoms with Crippen molar-refractivity contribution in [1.82, 2.24) is 20.4 Å². The van der Waals surface area contributed by atoms with E-state index >= 15 is 0 Å². The van der Waals surface area contributed by atoms with Crippen molar-refractivity contribution in [2.45, 2.75) is 52.0 Å². The van der Waals surface area contributed by atoms with Gasteiger partial charge in [-0.25, -0.2) is 4.39 Å². The van der Waals surface area contributed by atoms with Crippen molar-refractivity contribution in [3.63, 3.8) is 0 Å². The molecular weight excluding hydrogens is 387 g/mol. The number of amides is 2. The standard InChI is InChI=1S/C22H27FN4O3/c1-12(2)20(29)27-10-16-8-17(9-22(16,11-27)21-24-14(4)26-30-21)25-19(28)15-6-5-13(3)18(23)7-15/h5-7,12,16-17H,8-11H2,1-4H3,(H,25,28)/t16-,17+,22-/m0/s1. The molecule has 1 aliphatic carbocycles. The van der Waals surface area contributed by atoms with Gasteiger partial charge >= 0.3 is 0 Å². The summed E-state index contributed by atoms with van der Waals surface area (Å²) in [4.78, 5) is 31.7. The Labute approximate surface area is 175 Å². The fourth-order valence-electron chi connectivity index (χ4n) is 4.85. The summed E-state index contributed by atoms with van der Waals surface area (Å²) in [5.41, 5.74) is 0.333. The number of halogens is 1. The molecule has 2 aliphatic rings. The van der Waals surface area contributed by atoms with Crippen LogP contribution in [0.3, 0.4) is 0 Å². The van der Waals surface area contributed by atoms with E-state index < -0.39 is 11.2 Å². The smallest absolute Gasteiger partial charge is 0.251 e. The van der Waals surface area contributed by atoms with E-state index in [0.29, 0.717) is 48.8 Å². The first-order valence-electron chi connectivity index (χ1n) is 10.4. The highest BCUT2D eigenvalue weighted by atomic mass is 19.1. The number of aryl methyl sites for hydroxylation is 2. The van der Waals surface area contributed by atoms with Gasteiger partial charge in [-0.05, 0) is 50.3 Å². The number of nitrogens with zero attached hydrogens (tertiary/aromatic N) is 3. The zero-order chi connectivity index (χ0) is 21.6. The first-order valence-corrected chi connectivity index (χ1v) is 10.4. The molecule has 30 heavy (non-hydrogen) atoms. The molecule has 1 N–H and O–H groups in total. The highest BCUT2D eigenvalue weighted by Crippen LogP contribution is 2.50. The molecule has 1 aromatic carbocycles. The van der Waals surface area contributed by atoms with Gasteiger partial charge in [0.1, 0.15) is 5.82 Å². The minimum absolute atomic E-state index is 0.0859. The number of hydrogen-bond acceptors (Lipinski definition) is 5. The number of rotatable bonds is 4. The zero-order valence-electron chi connectivity index (χ0n) is 17.7. The summed E-state index contributed by atoms with van der Waals surface area (Å²) in [5, 5.41) is 6.99. The minimum Gasteiger partial charge on any atom is -0.349 e. The molecular formula is C22H27FN4O3. The lowest BCUT2D eigenvalue weighted by atomic mass is 9.80. The first-order chi connectivity index (χ1) is 14.2. The number of likely N-dealkylation sites (tertiary alicyclic amines) is 1. The Hall–Kier alpha value is -2.77. The van der Waals surface area contributed by atoms with Crippen LogP contribution in [0.25, 0.3) is 0 Å². The Morgan fingerprint density at radius 1 is 1.33 bits per heavy atom. The number of carbonyl (C=O) groups excluding carboxylic acids is 2. The summed E-state index contributed by atoms with van der Waals surface area (Å²) < 4.78 is 19.4. The molecule has 0 unspecified atom stereocenters. The van der Waals surface area contributed by atoms with Crippen LogP contribution < -0.4 is 5.32 Å². The van der Waals surface area contributed by atoms with Gasteiger partial charge in [-0.3, -0.25) is 9.59 Å². The molecule has 1 saturated carbocycles. The van der Waals surface area contributed by atoms with E-state index in [9.17, 15) is 14.0 Å². The van der Waals surface area contributed by atoms with Crippen LogP contribution in [0.2, 0.25) is 0 Å². The van der Waals surface area contributed by atoms with Gasteiger partial charge in [0.2, 0.25) is 11.8 Å². The summed E-state index contributed by atoms with van der Waals surface area (Å²) >= 11 is 0. The van der Waals surface area contributed by atoms with Gasteiger partial charge < -0.3 is 14.7 Å². The van der Waals surface area contributed by atoms with E-state index in [2.05, 4.69) is 15.5 Å². The molecule has 8 heteroatoms. The summed E-state index contributed by atoms with van der Waals surface area (Å²) in [7, 11) is 0. The molecule has 0 bridgehead atoms. The second-order valence-electron chi connectivity index (χ2n) is 8.95. The number of fused-ring (bicyclic) bond motifs is 1. The van der Waals surface area contributed by atoms with Crippen LogP contribution in [0.15, 0.2) is 22.7 Å². The second kappa shape index (κ2) is 7.49. The van der Waals surface area contributed by atoms with Crippen LogP contribution in [0.1, 0.15) is 54.3 Å². The van der Waals surface area contributed by atoms with Gasteiger partial charge in [-0.15, -0.1) is 0 Å². The molecule has 7 nitrogen and oxygen atoms in total. The third-order valence-corrected chi connectivity index (χ3v) is 6.40. The molecule has 1 aliphatic heterocycles. The zero-order valence-corrected chi connectivity index (χ0v) is 17.7. The highest BCUT2D eigenvalue weighted by molar-refractivity contribution is 5.94. The maximum Gasteiger partial charge on any atom is 0.251 e. The van der Waals surface area contributed by atoms with Crippen LogP contribution in [0, 0.1) is 31.5 Å². The molecule has 2 fully saturated rings. The third kappa shape index (κ3) is 3.48. The SMILES string of the molecule is Cc1noc([C@]23C[C@H](NC(=O)c4ccc(C)c(F)c4)C[C@H]2CN(C(=O)C(C)C)C3)n1. The molecule has 0 radical (unpaired) electrons. The van der Waals surface area contributed by atoms with Gasteiger partial charge in [-0.2, -0.15) is 4.98 Å². The van der Waals surface area contributed by atoms with Crippen molar-refractivity contribution in [3.05, 3.63) is 46.9 Å². The molecule has 2 amide bonds. The van der Waals surface area contributed by atoms with Crippen LogP contribution in [-0.2, 0) is 10.2 Å². The van der Waals surface area contributed by atoms with Crippen LogP contribution in [0.5, 0.6) is 0 Å². The molecule has 1 saturated heterocycles. The third-order valence-electron chi connectivity index (χ3n) is 6.40. The maximum absolute atomic E-state index is 13.9. The number of nitrogens with one attached hydrogen (secondary N) is 1. The lowest BCUT2D eigenvalue weighted by Gasteiger charge is -2.26. The first kappa shape index (κ1) is 20.5. The fraction of sp³-hybridized carbons (Fsp3) is 0.545. The van der Waals surface area contributed by atoms with E-state index in [1.807, 2.05) is 18.7 Å². The molecule has 0 spiro atoms. The minimum atomic E-state index is -0.470. The Morgan fingerprint density at radius 3 is 2.73 bits per heavy atom. The second-order valence-corrected chi connectivity index (χ2v) is 8.95. The van der Waals surface area contributed by atoms with E-state index in [4.69, 9.17) is 4.52 Å². The van der Waals surface area contributed by atoms with Crippen LogP contribution in [-0.4, -0.2) is 46.0 Å². The lowest BCUT2D eigenvalue weighted by molar-refractivity contribution is -0.133. The summed E-state index contributed by atoms with van der Waals surface area (Å²) in [6, 6.07) is 4.38. The Balaban J connectivity index is 1.55. The van der Waals surface area contributed by atoms with Gasteiger partial charge in [0.05, 0.1) is 5.41 Å². The van der Waals surface area contributed by atoms with E-state index in [1.165, 1.54) is 6.07 Å². The van der Waals surface area contributed by atoms with Crippen molar-refractivity contribution in [1.29, 1.82) is 0 Å². The summed E-state index contributed by atoms with van der Waals surface area (Å²) in [6.45, 7) is 8.32. The number of benzene rings is 1. The molecule has 3 atom stereocenters. The van der Waals surface area contributed by atoms with Crippen molar-refractivity contribution in [2.24, 2.45) is 11.8 Å². The number of aromatic nitrogens is 2. The maximum atomic E-state index is 13.9. The molecule has 160 valence electrons.